The lowest BCUT2D eigenvalue weighted by Crippen LogP contribution is -2.14. The van der Waals surface area contributed by atoms with E-state index >= 15 is 0 Å². The second-order valence-corrected chi connectivity index (χ2v) is 6.51. The number of aromatic nitrogens is 1. The highest BCUT2D eigenvalue weighted by Gasteiger charge is 2.12. The topological polar surface area (TPSA) is 59.2 Å². The summed E-state index contributed by atoms with van der Waals surface area (Å²) in [6.07, 6.45) is 2.73. The fourth-order valence-corrected chi connectivity index (χ4v) is 3.24. The van der Waals surface area contributed by atoms with E-state index in [1.807, 2.05) is 66.9 Å². The Hall–Kier alpha value is -3.40. The van der Waals surface area contributed by atoms with E-state index in [0.29, 0.717) is 12.0 Å². The number of nitrogens with one attached hydrogen (secondary N) is 1. The lowest BCUT2D eigenvalue weighted by molar-refractivity contribution is -0.142. The first-order valence-electron chi connectivity index (χ1n) is 8.93. The molecule has 0 fully saturated rings. The number of carbonyl (C=O) groups excluding carboxylic acids is 2. The number of ketones is 1. The fraction of sp³-hybridized carbons (Fsp3) is 0.130. The van der Waals surface area contributed by atoms with Crippen LogP contribution in [0.25, 0.3) is 21.7 Å². The van der Waals surface area contributed by atoms with Gasteiger partial charge < -0.3 is 9.72 Å². The summed E-state index contributed by atoms with van der Waals surface area (Å²) in [5.74, 6) is -0.560. The van der Waals surface area contributed by atoms with Crippen LogP contribution >= 0.6 is 0 Å². The van der Waals surface area contributed by atoms with Gasteiger partial charge in [-0.05, 0) is 34.9 Å². The van der Waals surface area contributed by atoms with Crippen molar-refractivity contribution in [2.45, 2.75) is 12.8 Å². The van der Waals surface area contributed by atoms with E-state index in [0.717, 1.165) is 27.2 Å². The van der Waals surface area contributed by atoms with E-state index in [-0.39, 0.29) is 24.8 Å². The predicted octanol–water partition coefficient (Wildman–Crippen LogP) is 4.68. The van der Waals surface area contributed by atoms with Crippen molar-refractivity contribution >= 4 is 33.4 Å². The standard InChI is InChI=1S/C23H19NO3/c25-22(18-10-9-16-5-1-2-6-17(16)13-18)15-27-23(26)12-11-19-14-24-21-8-4-3-7-20(19)21/h1-10,13-14,24H,11-12,15H2. The lowest BCUT2D eigenvalue weighted by atomic mass is 10.0. The number of carbonyl (C=O) groups is 2. The molecule has 0 aliphatic carbocycles. The number of esters is 1. The molecule has 0 aliphatic heterocycles. The number of para-hydroxylation sites is 1. The molecule has 0 saturated heterocycles. The molecule has 4 aromatic rings. The minimum Gasteiger partial charge on any atom is -0.457 e. The number of rotatable bonds is 6. The lowest BCUT2D eigenvalue weighted by Gasteiger charge is -2.05. The Kier molecular flexibility index (Phi) is 4.71. The van der Waals surface area contributed by atoms with Crippen molar-refractivity contribution in [2.24, 2.45) is 0 Å². The van der Waals surface area contributed by atoms with Crippen LogP contribution in [0.1, 0.15) is 22.3 Å². The maximum Gasteiger partial charge on any atom is 0.306 e. The second-order valence-electron chi connectivity index (χ2n) is 6.51. The van der Waals surface area contributed by atoms with Gasteiger partial charge in [0.2, 0.25) is 0 Å². The molecular formula is C23H19NO3. The average molecular weight is 357 g/mol. The van der Waals surface area contributed by atoms with Gasteiger partial charge in [0.05, 0.1) is 0 Å². The first kappa shape index (κ1) is 17.0. The van der Waals surface area contributed by atoms with Crippen LogP contribution in [0.3, 0.4) is 0 Å². The SMILES string of the molecule is O=C(CCc1c[nH]c2ccccc12)OCC(=O)c1ccc2ccccc2c1. The van der Waals surface area contributed by atoms with Gasteiger partial charge in [0.1, 0.15) is 0 Å². The van der Waals surface area contributed by atoms with Crippen LogP contribution in [0.5, 0.6) is 0 Å². The molecular weight excluding hydrogens is 338 g/mol. The number of hydrogen-bond donors (Lipinski definition) is 1. The van der Waals surface area contributed by atoms with Gasteiger partial charge in [-0.1, -0.05) is 54.6 Å². The molecule has 0 bridgehead atoms. The highest BCUT2D eigenvalue weighted by molar-refractivity contribution is 6.01. The van der Waals surface area contributed by atoms with Crippen LogP contribution in [0, 0.1) is 0 Å². The average Bonchev–Trinajstić information content (AvgIpc) is 3.13. The monoisotopic (exact) mass is 357 g/mol. The molecule has 4 rings (SSSR count). The molecule has 0 radical (unpaired) electrons. The predicted molar refractivity (Wildman–Crippen MR) is 106 cm³/mol. The van der Waals surface area contributed by atoms with Gasteiger partial charge in [-0.2, -0.15) is 0 Å². The first-order chi connectivity index (χ1) is 13.2. The van der Waals surface area contributed by atoms with E-state index in [1.54, 1.807) is 6.07 Å². The Balaban J connectivity index is 1.33. The van der Waals surface area contributed by atoms with Crippen molar-refractivity contribution in [1.82, 2.24) is 4.98 Å². The van der Waals surface area contributed by atoms with Crippen LogP contribution in [0.4, 0.5) is 0 Å². The molecule has 0 unspecified atom stereocenters. The Labute approximate surface area is 156 Å². The maximum atomic E-state index is 12.3. The van der Waals surface area contributed by atoms with Gasteiger partial charge in [-0.25, -0.2) is 0 Å². The van der Waals surface area contributed by atoms with Crippen molar-refractivity contribution in [2.75, 3.05) is 6.61 Å². The van der Waals surface area contributed by atoms with Crippen molar-refractivity contribution in [3.63, 3.8) is 0 Å². The third-order valence-corrected chi connectivity index (χ3v) is 4.71. The van der Waals surface area contributed by atoms with Crippen LogP contribution in [-0.4, -0.2) is 23.3 Å². The van der Waals surface area contributed by atoms with Crippen LogP contribution in [-0.2, 0) is 16.0 Å². The van der Waals surface area contributed by atoms with E-state index in [2.05, 4.69) is 4.98 Å². The summed E-state index contributed by atoms with van der Waals surface area (Å²) in [7, 11) is 0. The number of hydrogen-bond acceptors (Lipinski definition) is 3. The molecule has 134 valence electrons. The minimum absolute atomic E-state index is 0.193. The number of fused-ring (bicyclic) bond motifs is 2. The number of aryl methyl sites for hydroxylation is 1. The Morgan fingerprint density at radius 1 is 0.889 bits per heavy atom. The number of aromatic amines is 1. The minimum atomic E-state index is -0.366. The van der Waals surface area contributed by atoms with E-state index < -0.39 is 0 Å². The number of ether oxygens (including phenoxy) is 1. The molecule has 0 spiro atoms. The van der Waals surface area contributed by atoms with Crippen LogP contribution in [0.15, 0.2) is 72.9 Å². The fourth-order valence-electron chi connectivity index (χ4n) is 3.24. The number of Topliss-reactive ketones (excluding diaryl/α,β-unsaturated/α-hetero) is 1. The molecule has 4 heteroatoms. The van der Waals surface area contributed by atoms with Gasteiger partial charge in [-0.3, -0.25) is 9.59 Å². The maximum absolute atomic E-state index is 12.3. The van der Waals surface area contributed by atoms with E-state index in [4.69, 9.17) is 4.74 Å². The molecule has 0 saturated carbocycles. The highest BCUT2D eigenvalue weighted by atomic mass is 16.5. The second kappa shape index (κ2) is 7.46. The van der Waals surface area contributed by atoms with E-state index in [1.165, 1.54) is 0 Å². The Morgan fingerprint density at radius 3 is 2.56 bits per heavy atom. The number of benzene rings is 3. The summed E-state index contributed by atoms with van der Waals surface area (Å²) in [5.41, 5.74) is 2.67. The van der Waals surface area contributed by atoms with Crippen molar-refractivity contribution in [3.05, 3.63) is 84.1 Å². The molecule has 3 aromatic carbocycles. The third-order valence-electron chi connectivity index (χ3n) is 4.71. The molecule has 4 nitrogen and oxygen atoms in total. The molecule has 0 aliphatic rings. The summed E-state index contributed by atoms with van der Waals surface area (Å²) < 4.78 is 5.18. The normalized spacial score (nSPS) is 11.0. The largest absolute Gasteiger partial charge is 0.457 e. The summed E-state index contributed by atoms with van der Waals surface area (Å²) >= 11 is 0. The Bertz CT molecular complexity index is 1130. The summed E-state index contributed by atoms with van der Waals surface area (Å²) in [5, 5.41) is 3.18. The first-order valence-corrected chi connectivity index (χ1v) is 8.93. The van der Waals surface area contributed by atoms with Crippen molar-refractivity contribution in [3.8, 4) is 0 Å². The highest BCUT2D eigenvalue weighted by Crippen LogP contribution is 2.19. The van der Waals surface area contributed by atoms with E-state index in [9.17, 15) is 9.59 Å². The zero-order chi connectivity index (χ0) is 18.6. The molecule has 1 heterocycles. The van der Waals surface area contributed by atoms with Crippen LogP contribution < -0.4 is 0 Å². The number of H-pyrrole nitrogens is 1. The Morgan fingerprint density at radius 2 is 1.67 bits per heavy atom. The molecule has 1 N–H and O–H groups in total. The zero-order valence-corrected chi connectivity index (χ0v) is 14.8. The summed E-state index contributed by atoms with van der Waals surface area (Å²) in [4.78, 5) is 27.5. The molecule has 27 heavy (non-hydrogen) atoms. The van der Waals surface area contributed by atoms with Gasteiger partial charge in [-0.15, -0.1) is 0 Å². The van der Waals surface area contributed by atoms with Gasteiger partial charge in [0, 0.05) is 29.1 Å². The third kappa shape index (κ3) is 3.75. The summed E-state index contributed by atoms with van der Waals surface area (Å²) in [6, 6.07) is 21.3. The smallest absolute Gasteiger partial charge is 0.306 e. The van der Waals surface area contributed by atoms with Gasteiger partial charge >= 0.3 is 5.97 Å². The molecule has 0 atom stereocenters. The van der Waals surface area contributed by atoms with Gasteiger partial charge in [0.15, 0.2) is 12.4 Å². The zero-order valence-electron chi connectivity index (χ0n) is 14.8. The van der Waals surface area contributed by atoms with Crippen molar-refractivity contribution in [1.29, 1.82) is 0 Å². The quantitative estimate of drug-likeness (QED) is 0.403. The van der Waals surface area contributed by atoms with Crippen molar-refractivity contribution < 1.29 is 14.3 Å². The van der Waals surface area contributed by atoms with Crippen LogP contribution in [0.2, 0.25) is 0 Å². The summed E-state index contributed by atoms with van der Waals surface area (Å²) in [6.45, 7) is -0.231. The molecule has 1 aromatic heterocycles. The molecule has 0 amide bonds. The van der Waals surface area contributed by atoms with Gasteiger partial charge in [0.25, 0.3) is 0 Å².